The number of hydrogen-bond donors (Lipinski definition) is 1. The van der Waals surface area contributed by atoms with Crippen LogP contribution in [-0.4, -0.2) is 18.6 Å². The zero-order valence-electron chi connectivity index (χ0n) is 9.21. The maximum atomic E-state index is 11.8. The van der Waals surface area contributed by atoms with E-state index in [1.54, 1.807) is 36.6 Å². The smallest absolute Gasteiger partial charge is 0.296 e. The average Bonchev–Trinajstić information content (AvgIpc) is 2.44. The molecule has 0 saturated carbocycles. The number of carbonyl (C=O) groups excluding carboxylic acids is 1. The van der Waals surface area contributed by atoms with Crippen LogP contribution in [0.4, 0.5) is 9.05 Å². The molecule has 0 heterocycles. The van der Waals surface area contributed by atoms with Crippen LogP contribution < -0.4 is 5.32 Å². The fourth-order valence-corrected chi connectivity index (χ4v) is 1.85. The molecule has 1 radical (unpaired) electrons. The zero-order chi connectivity index (χ0) is 13.4. The molecule has 0 unspecified atom stereocenters. The van der Waals surface area contributed by atoms with E-state index in [-0.39, 0.29) is 6.42 Å². The molecule has 18 heavy (non-hydrogen) atoms. The maximum absolute atomic E-state index is 11.8. The third-order valence-electron chi connectivity index (χ3n) is 2.17. The van der Waals surface area contributed by atoms with Gasteiger partial charge >= 0.3 is 7.60 Å². The van der Waals surface area contributed by atoms with Gasteiger partial charge in [-0.05, 0) is 21.0 Å². The van der Waals surface area contributed by atoms with Crippen molar-refractivity contribution in [2.75, 3.05) is 6.29 Å². The van der Waals surface area contributed by atoms with E-state index in [2.05, 4.69) is 14.8 Å². The van der Waals surface area contributed by atoms with E-state index in [4.69, 9.17) is 0 Å². The average molecular weight is 278 g/mol. The first kappa shape index (κ1) is 14.9. The van der Waals surface area contributed by atoms with E-state index in [0.29, 0.717) is 0 Å². The van der Waals surface area contributed by atoms with Crippen molar-refractivity contribution >= 4 is 13.9 Å². The molecule has 1 atom stereocenters. The van der Waals surface area contributed by atoms with Crippen LogP contribution in [0, 0.1) is 0 Å². The molecule has 0 spiro atoms. The summed E-state index contributed by atoms with van der Waals surface area (Å²) in [5.41, 5.74) is 0.815. The molecule has 8 heteroatoms. The molecule has 1 rings (SSSR count). The number of benzene rings is 1. The van der Waals surface area contributed by atoms with Crippen LogP contribution in [-0.2, 0) is 25.2 Å². The predicted molar refractivity (Wildman–Crippen MR) is 59.6 cm³/mol. The van der Waals surface area contributed by atoms with E-state index in [1.807, 2.05) is 0 Å². The summed E-state index contributed by atoms with van der Waals surface area (Å²) >= 11 is 0. The lowest BCUT2D eigenvalue weighted by molar-refractivity contribution is -0.0880. The van der Waals surface area contributed by atoms with Crippen molar-refractivity contribution in [3.63, 3.8) is 0 Å². The molecule has 1 aromatic carbocycles. The molecule has 99 valence electrons. The molecule has 1 N–H and O–H groups in total. The van der Waals surface area contributed by atoms with E-state index in [0.717, 1.165) is 5.56 Å². The van der Waals surface area contributed by atoms with Crippen LogP contribution in [0.1, 0.15) is 5.56 Å². The Morgan fingerprint density at radius 2 is 1.89 bits per heavy atom. The van der Waals surface area contributed by atoms with E-state index < -0.39 is 19.9 Å². The second-order valence-electron chi connectivity index (χ2n) is 3.47. The zero-order valence-corrected chi connectivity index (χ0v) is 10.1. The highest BCUT2D eigenvalue weighted by Crippen LogP contribution is 2.47. The molecule has 0 aliphatic carbocycles. The minimum Gasteiger partial charge on any atom is -0.296 e. The highest BCUT2D eigenvalue weighted by Gasteiger charge is 2.28. The lowest BCUT2D eigenvalue weighted by Gasteiger charge is -2.13. The van der Waals surface area contributed by atoms with Crippen LogP contribution >= 0.6 is 7.60 Å². The molecule has 1 aromatic rings. The van der Waals surface area contributed by atoms with Crippen LogP contribution in [0.5, 0.6) is 0 Å². The highest BCUT2D eigenvalue weighted by atomic mass is 31.2. The van der Waals surface area contributed by atoms with Crippen molar-refractivity contribution in [3.05, 3.63) is 35.9 Å². The molecular weight excluding hydrogens is 267 g/mol. The SMILES string of the molecule is O=[C][C@H](Cc1ccccc1)NCP(=O)(OF)OF. The lowest BCUT2D eigenvalue weighted by atomic mass is 10.1. The van der Waals surface area contributed by atoms with Gasteiger partial charge in [0.1, 0.15) is 6.29 Å². The van der Waals surface area contributed by atoms with Gasteiger partial charge in [0.15, 0.2) is 0 Å². The van der Waals surface area contributed by atoms with Crippen molar-refractivity contribution in [1.29, 1.82) is 0 Å². The van der Waals surface area contributed by atoms with Crippen molar-refractivity contribution in [2.24, 2.45) is 0 Å². The first-order chi connectivity index (χ1) is 8.63. The standard InChI is InChI=1S/C10H11F2NO4P/c11-16-18(15,17-12)8-13-10(7-14)6-9-4-2-1-3-5-9/h1-5,10,13H,6,8H2/t10-/m0/s1. The van der Waals surface area contributed by atoms with Crippen LogP contribution in [0.25, 0.3) is 0 Å². The van der Waals surface area contributed by atoms with Gasteiger partial charge in [-0.1, -0.05) is 30.3 Å². The molecule has 0 bridgehead atoms. The Bertz CT molecular complexity index is 410. The molecule has 5 nitrogen and oxygen atoms in total. The first-order valence-corrected chi connectivity index (χ1v) is 6.71. The topological polar surface area (TPSA) is 64.6 Å². The van der Waals surface area contributed by atoms with E-state index in [1.165, 1.54) is 0 Å². The predicted octanol–water partition coefficient (Wildman–Crippen LogP) is 2.25. The summed E-state index contributed by atoms with van der Waals surface area (Å²) in [5.74, 6) is 0. The summed E-state index contributed by atoms with van der Waals surface area (Å²) in [4.78, 5) is 10.7. The normalized spacial score (nSPS) is 13.2. The molecule has 0 aliphatic heterocycles. The number of halogens is 2. The minimum absolute atomic E-state index is 0.239. The summed E-state index contributed by atoms with van der Waals surface area (Å²) in [6.45, 7) is 0. The van der Waals surface area contributed by atoms with Crippen LogP contribution in [0.15, 0.2) is 30.3 Å². The third kappa shape index (κ3) is 4.62. The van der Waals surface area contributed by atoms with Gasteiger partial charge in [-0.3, -0.25) is 14.7 Å². The Morgan fingerprint density at radius 1 is 1.28 bits per heavy atom. The maximum Gasteiger partial charge on any atom is 0.407 e. The van der Waals surface area contributed by atoms with E-state index in [9.17, 15) is 18.4 Å². The van der Waals surface area contributed by atoms with Gasteiger partial charge < -0.3 is 0 Å². The van der Waals surface area contributed by atoms with Gasteiger partial charge in [-0.2, -0.15) is 0 Å². The summed E-state index contributed by atoms with van der Waals surface area (Å²) in [5, 5.41) is 2.34. The Hall–Kier alpha value is -1.14. The monoisotopic (exact) mass is 278 g/mol. The van der Waals surface area contributed by atoms with E-state index >= 15 is 0 Å². The van der Waals surface area contributed by atoms with Gasteiger partial charge in [0, 0.05) is 0 Å². The fourth-order valence-electron chi connectivity index (χ4n) is 1.29. The Morgan fingerprint density at radius 3 is 2.39 bits per heavy atom. The minimum atomic E-state index is -4.48. The molecular formula is C10H11F2NO4P. The van der Waals surface area contributed by atoms with Gasteiger partial charge in [0.05, 0.1) is 6.04 Å². The summed E-state index contributed by atoms with van der Waals surface area (Å²) < 4.78 is 40.3. The molecule has 0 saturated heterocycles. The van der Waals surface area contributed by atoms with Crippen molar-refractivity contribution in [1.82, 2.24) is 5.32 Å². The third-order valence-corrected chi connectivity index (χ3v) is 3.16. The first-order valence-electron chi connectivity index (χ1n) is 4.98. The molecule has 0 aliphatic rings. The summed E-state index contributed by atoms with van der Waals surface area (Å²) in [6.07, 6.45) is 1.10. The number of nitrogens with one attached hydrogen (secondary N) is 1. The van der Waals surface area contributed by atoms with Crippen LogP contribution in [0.3, 0.4) is 0 Å². The largest absolute Gasteiger partial charge is 0.407 e. The van der Waals surface area contributed by atoms with Crippen molar-refractivity contribution in [2.45, 2.75) is 12.5 Å². The Kier molecular flexibility index (Phi) is 6.07. The van der Waals surface area contributed by atoms with Crippen molar-refractivity contribution < 1.29 is 27.9 Å². The molecule has 0 fully saturated rings. The second kappa shape index (κ2) is 7.33. The summed E-state index contributed by atoms with van der Waals surface area (Å²) in [7, 11) is -4.48. The van der Waals surface area contributed by atoms with Gasteiger partial charge in [-0.15, -0.1) is 9.46 Å². The number of rotatable bonds is 8. The quantitative estimate of drug-likeness (QED) is 0.739. The Balaban J connectivity index is 2.53. The highest BCUT2D eigenvalue weighted by molar-refractivity contribution is 7.53. The van der Waals surface area contributed by atoms with Crippen LogP contribution in [0.2, 0.25) is 0 Å². The molecule has 0 amide bonds. The second-order valence-corrected chi connectivity index (χ2v) is 5.29. The Labute approximate surface area is 102 Å². The lowest BCUT2D eigenvalue weighted by Crippen LogP contribution is -2.33. The number of hydrogen-bond acceptors (Lipinski definition) is 5. The fraction of sp³-hybridized carbons (Fsp3) is 0.300. The molecule has 0 aromatic heterocycles. The van der Waals surface area contributed by atoms with Gasteiger partial charge in [0.25, 0.3) is 0 Å². The van der Waals surface area contributed by atoms with Gasteiger partial charge in [-0.25, -0.2) is 0 Å². The summed E-state index contributed by atoms with van der Waals surface area (Å²) in [6, 6.07) is 8.02. The van der Waals surface area contributed by atoms with Gasteiger partial charge in [0.2, 0.25) is 6.29 Å². The van der Waals surface area contributed by atoms with Crippen molar-refractivity contribution in [3.8, 4) is 0 Å².